The Hall–Kier alpha value is -1.77. The molecule has 2 rings (SSSR count). The summed E-state index contributed by atoms with van der Waals surface area (Å²) in [5.74, 6) is 0.650. The molecule has 0 aromatic rings. The average Bonchev–Trinajstić information content (AvgIpc) is 2.81. The maximum atomic E-state index is 11.2. The number of hydrogen-bond donors (Lipinski definition) is 4. The van der Waals surface area contributed by atoms with Crippen molar-refractivity contribution in [3.8, 4) is 0 Å². The van der Waals surface area contributed by atoms with Gasteiger partial charge in [-0.05, 0) is 18.6 Å². The van der Waals surface area contributed by atoms with Crippen molar-refractivity contribution in [1.29, 1.82) is 0 Å². The molecule has 19 heavy (non-hydrogen) atoms. The maximum Gasteiger partial charge on any atom is 0.322 e. The van der Waals surface area contributed by atoms with Crippen LogP contribution in [0.25, 0.3) is 0 Å². The summed E-state index contributed by atoms with van der Waals surface area (Å²) < 4.78 is 0. The standard InChI is InChI=1S/C10H14N4O4S/c15-7-5(11-9(17)13-7)2-1-3-19-4-6-8(16)14-10(18)12-6/h5-6H,1-4H2,(H2,11,13,15,17)(H2,12,14,16,18)/t5?,6-/m0/s1. The molecule has 2 atom stereocenters. The third kappa shape index (κ3) is 3.60. The Morgan fingerprint density at radius 3 is 2.00 bits per heavy atom. The number of amides is 6. The SMILES string of the molecule is O=C1NC(=O)C(CCCSC[C@@H]2NC(=O)NC2=O)N1. The van der Waals surface area contributed by atoms with Gasteiger partial charge in [-0.1, -0.05) is 0 Å². The molecular weight excluding hydrogens is 272 g/mol. The molecule has 0 aromatic heterocycles. The van der Waals surface area contributed by atoms with Crippen LogP contribution in [0.4, 0.5) is 9.59 Å². The molecule has 0 aliphatic carbocycles. The molecule has 1 unspecified atom stereocenters. The predicted octanol–water partition coefficient (Wildman–Crippen LogP) is -1.08. The minimum Gasteiger partial charge on any atom is -0.326 e. The fourth-order valence-corrected chi connectivity index (χ4v) is 2.84. The second kappa shape index (κ2) is 5.91. The van der Waals surface area contributed by atoms with Crippen molar-refractivity contribution in [1.82, 2.24) is 21.3 Å². The van der Waals surface area contributed by atoms with Crippen LogP contribution >= 0.6 is 11.8 Å². The summed E-state index contributed by atoms with van der Waals surface area (Å²) >= 11 is 1.52. The van der Waals surface area contributed by atoms with Gasteiger partial charge >= 0.3 is 12.1 Å². The molecule has 2 aliphatic rings. The molecule has 4 N–H and O–H groups in total. The van der Waals surface area contributed by atoms with Gasteiger partial charge in [-0.15, -0.1) is 0 Å². The molecule has 2 aliphatic heterocycles. The predicted molar refractivity (Wildman–Crippen MR) is 67.5 cm³/mol. The van der Waals surface area contributed by atoms with Gasteiger partial charge in [0.2, 0.25) is 0 Å². The summed E-state index contributed by atoms with van der Waals surface area (Å²) in [6.07, 6.45) is 1.30. The summed E-state index contributed by atoms with van der Waals surface area (Å²) in [5, 5.41) is 9.35. The van der Waals surface area contributed by atoms with Crippen LogP contribution in [0.15, 0.2) is 0 Å². The van der Waals surface area contributed by atoms with E-state index in [1.807, 2.05) is 0 Å². The van der Waals surface area contributed by atoms with Crippen molar-refractivity contribution in [3.05, 3.63) is 0 Å². The zero-order valence-corrected chi connectivity index (χ0v) is 10.8. The lowest BCUT2D eigenvalue weighted by molar-refractivity contribution is -0.120. The van der Waals surface area contributed by atoms with E-state index in [0.717, 1.165) is 12.2 Å². The molecule has 2 heterocycles. The number of carbonyl (C=O) groups excluding carboxylic acids is 4. The van der Waals surface area contributed by atoms with E-state index in [1.165, 1.54) is 11.8 Å². The van der Waals surface area contributed by atoms with Gasteiger partial charge in [0.1, 0.15) is 12.1 Å². The van der Waals surface area contributed by atoms with Gasteiger partial charge in [0.25, 0.3) is 11.8 Å². The van der Waals surface area contributed by atoms with Crippen LogP contribution in [0.5, 0.6) is 0 Å². The lowest BCUT2D eigenvalue weighted by Gasteiger charge is -2.08. The fraction of sp³-hybridized carbons (Fsp3) is 0.600. The van der Waals surface area contributed by atoms with Crippen LogP contribution in [0.1, 0.15) is 12.8 Å². The highest BCUT2D eigenvalue weighted by Crippen LogP contribution is 2.11. The van der Waals surface area contributed by atoms with Gasteiger partial charge in [0.05, 0.1) is 0 Å². The Kier molecular flexibility index (Phi) is 4.25. The van der Waals surface area contributed by atoms with Crippen molar-refractivity contribution in [2.24, 2.45) is 0 Å². The third-order valence-corrected chi connectivity index (χ3v) is 3.93. The number of carbonyl (C=O) groups is 4. The summed E-state index contributed by atoms with van der Waals surface area (Å²) in [6, 6.07) is -1.84. The topological polar surface area (TPSA) is 116 Å². The average molecular weight is 286 g/mol. The van der Waals surface area contributed by atoms with Crippen molar-refractivity contribution in [2.45, 2.75) is 24.9 Å². The number of hydrogen-bond acceptors (Lipinski definition) is 5. The Morgan fingerprint density at radius 2 is 1.47 bits per heavy atom. The van der Waals surface area contributed by atoms with Crippen molar-refractivity contribution < 1.29 is 19.2 Å². The number of thioether (sulfide) groups is 1. The van der Waals surface area contributed by atoms with Crippen LogP contribution in [-0.4, -0.2) is 47.5 Å². The zero-order chi connectivity index (χ0) is 13.8. The normalized spacial score (nSPS) is 25.9. The molecule has 0 aromatic carbocycles. The summed E-state index contributed by atoms with van der Waals surface area (Å²) in [5.41, 5.74) is 0. The van der Waals surface area contributed by atoms with Gasteiger partial charge in [-0.25, -0.2) is 9.59 Å². The van der Waals surface area contributed by atoms with E-state index in [4.69, 9.17) is 0 Å². The van der Waals surface area contributed by atoms with E-state index in [1.54, 1.807) is 0 Å². The molecule has 9 heteroatoms. The molecule has 0 radical (unpaired) electrons. The third-order valence-electron chi connectivity index (χ3n) is 2.78. The lowest BCUT2D eigenvalue weighted by Crippen LogP contribution is -2.31. The first-order valence-electron chi connectivity index (χ1n) is 5.87. The van der Waals surface area contributed by atoms with Crippen LogP contribution < -0.4 is 21.3 Å². The van der Waals surface area contributed by atoms with Crippen LogP contribution in [0.3, 0.4) is 0 Å². The Bertz CT molecular complexity index is 390. The van der Waals surface area contributed by atoms with Gasteiger partial charge in [-0.3, -0.25) is 20.2 Å². The van der Waals surface area contributed by atoms with E-state index >= 15 is 0 Å². The molecule has 2 fully saturated rings. The quantitative estimate of drug-likeness (QED) is 0.366. The first-order chi connectivity index (χ1) is 9.06. The Labute approximate surface area is 113 Å². The minimum atomic E-state index is -0.480. The molecule has 0 spiro atoms. The molecular formula is C10H14N4O4S. The first kappa shape index (κ1) is 13.7. The molecule has 8 nitrogen and oxygen atoms in total. The van der Waals surface area contributed by atoms with Crippen LogP contribution in [-0.2, 0) is 9.59 Å². The second-order valence-corrected chi connectivity index (χ2v) is 5.40. The number of nitrogens with one attached hydrogen (secondary N) is 4. The van der Waals surface area contributed by atoms with Crippen LogP contribution in [0.2, 0.25) is 0 Å². The monoisotopic (exact) mass is 286 g/mol. The second-order valence-electron chi connectivity index (χ2n) is 4.25. The smallest absolute Gasteiger partial charge is 0.322 e. The largest absolute Gasteiger partial charge is 0.326 e. The lowest BCUT2D eigenvalue weighted by atomic mass is 10.2. The molecule has 6 amide bonds. The zero-order valence-electron chi connectivity index (χ0n) is 10.0. The van der Waals surface area contributed by atoms with E-state index < -0.39 is 24.1 Å². The van der Waals surface area contributed by atoms with Crippen molar-refractivity contribution >= 4 is 35.6 Å². The van der Waals surface area contributed by atoms with Crippen molar-refractivity contribution in [2.75, 3.05) is 11.5 Å². The molecule has 0 saturated carbocycles. The van der Waals surface area contributed by atoms with E-state index in [-0.39, 0.29) is 11.8 Å². The van der Waals surface area contributed by atoms with Crippen LogP contribution in [0, 0.1) is 0 Å². The molecule has 2 saturated heterocycles. The van der Waals surface area contributed by atoms with Gasteiger partial charge < -0.3 is 10.6 Å². The number of rotatable bonds is 6. The van der Waals surface area contributed by atoms with Gasteiger partial charge in [0, 0.05) is 5.75 Å². The van der Waals surface area contributed by atoms with E-state index in [2.05, 4.69) is 21.3 Å². The van der Waals surface area contributed by atoms with E-state index in [0.29, 0.717) is 12.2 Å². The van der Waals surface area contributed by atoms with Crippen molar-refractivity contribution in [3.63, 3.8) is 0 Å². The number of urea groups is 2. The fourth-order valence-electron chi connectivity index (χ4n) is 1.83. The highest BCUT2D eigenvalue weighted by Gasteiger charge is 2.30. The highest BCUT2D eigenvalue weighted by atomic mass is 32.2. The Balaban J connectivity index is 1.58. The molecule has 104 valence electrons. The summed E-state index contributed by atoms with van der Waals surface area (Å²) in [4.78, 5) is 44.2. The molecule has 0 bridgehead atoms. The summed E-state index contributed by atoms with van der Waals surface area (Å²) in [7, 11) is 0. The Morgan fingerprint density at radius 1 is 0.895 bits per heavy atom. The minimum absolute atomic E-state index is 0.294. The summed E-state index contributed by atoms with van der Waals surface area (Å²) in [6.45, 7) is 0. The number of imide groups is 2. The van der Waals surface area contributed by atoms with E-state index in [9.17, 15) is 19.2 Å². The van der Waals surface area contributed by atoms with Gasteiger partial charge in [-0.2, -0.15) is 11.8 Å². The maximum absolute atomic E-state index is 11.2. The first-order valence-corrected chi connectivity index (χ1v) is 7.02. The van der Waals surface area contributed by atoms with Gasteiger partial charge in [0.15, 0.2) is 0 Å². The highest BCUT2D eigenvalue weighted by molar-refractivity contribution is 7.99.